The molecule has 0 bridgehead atoms. The van der Waals surface area contributed by atoms with Crippen LogP contribution in [0.5, 0.6) is 17.2 Å². The number of carbonyl (C=O) groups excluding carboxylic acids is 1. The number of ether oxygens (including phenoxy) is 3. The van der Waals surface area contributed by atoms with Crippen molar-refractivity contribution in [1.29, 1.82) is 5.26 Å². The number of aromatic nitrogens is 2. The molecule has 0 unspecified atom stereocenters. The van der Waals surface area contributed by atoms with E-state index in [-0.39, 0.29) is 29.7 Å². The Labute approximate surface area is 236 Å². The lowest BCUT2D eigenvalue weighted by molar-refractivity contribution is -0.118. The average molecular weight is 553 g/mol. The van der Waals surface area contributed by atoms with Crippen molar-refractivity contribution >= 4 is 23.8 Å². The van der Waals surface area contributed by atoms with Crippen LogP contribution in [0.25, 0.3) is 11.3 Å². The fourth-order valence-corrected chi connectivity index (χ4v) is 3.74. The van der Waals surface area contributed by atoms with E-state index in [0.29, 0.717) is 41.5 Å². The van der Waals surface area contributed by atoms with Crippen LogP contribution in [0.4, 0.5) is 11.6 Å². The number of nitrogens with one attached hydrogen (secondary N) is 3. The zero-order valence-electron chi connectivity index (χ0n) is 22.5. The van der Waals surface area contributed by atoms with Crippen molar-refractivity contribution in [3.05, 3.63) is 94.3 Å². The number of rotatable bonds is 12. The second kappa shape index (κ2) is 14.0. The Morgan fingerprint density at radius 3 is 2.46 bits per heavy atom. The number of nitriles is 1. The van der Waals surface area contributed by atoms with E-state index >= 15 is 0 Å². The van der Waals surface area contributed by atoms with E-state index in [4.69, 9.17) is 14.2 Å². The van der Waals surface area contributed by atoms with Crippen molar-refractivity contribution in [2.45, 2.75) is 13.8 Å². The van der Waals surface area contributed by atoms with E-state index < -0.39 is 5.56 Å². The summed E-state index contributed by atoms with van der Waals surface area (Å²) < 4.78 is 16.8. The summed E-state index contributed by atoms with van der Waals surface area (Å²) in [5.74, 6) is 1.30. The van der Waals surface area contributed by atoms with Crippen LogP contribution in [0.1, 0.15) is 25.0 Å². The molecule has 3 N–H and O–H groups in total. The Hall–Kier alpha value is -5.63. The monoisotopic (exact) mass is 552 g/mol. The minimum atomic E-state index is -0.578. The van der Waals surface area contributed by atoms with Gasteiger partial charge in [0.2, 0.25) is 5.95 Å². The van der Waals surface area contributed by atoms with Gasteiger partial charge in [-0.25, -0.2) is 10.4 Å². The quantitative estimate of drug-likeness (QED) is 0.171. The summed E-state index contributed by atoms with van der Waals surface area (Å²) in [6.45, 7) is 4.46. The van der Waals surface area contributed by atoms with Gasteiger partial charge in [-0.15, -0.1) is 0 Å². The smallest absolute Gasteiger partial charge is 0.270 e. The van der Waals surface area contributed by atoms with Crippen LogP contribution in [-0.4, -0.2) is 41.9 Å². The first-order valence-corrected chi connectivity index (χ1v) is 12.8. The van der Waals surface area contributed by atoms with Crippen molar-refractivity contribution in [3.63, 3.8) is 0 Å². The lowest BCUT2D eigenvalue weighted by Gasteiger charge is -2.13. The van der Waals surface area contributed by atoms with Crippen LogP contribution < -0.4 is 30.5 Å². The number of hydrogen-bond acceptors (Lipinski definition) is 9. The molecule has 0 aliphatic heterocycles. The third-order valence-corrected chi connectivity index (χ3v) is 5.54. The predicted octanol–water partition coefficient (Wildman–Crippen LogP) is 4.57. The Morgan fingerprint density at radius 2 is 1.76 bits per heavy atom. The van der Waals surface area contributed by atoms with Gasteiger partial charge >= 0.3 is 0 Å². The molecule has 4 aromatic rings. The first-order valence-electron chi connectivity index (χ1n) is 12.8. The number of benzene rings is 3. The Kier molecular flexibility index (Phi) is 9.66. The van der Waals surface area contributed by atoms with Crippen molar-refractivity contribution < 1.29 is 19.0 Å². The van der Waals surface area contributed by atoms with Crippen molar-refractivity contribution in [2.24, 2.45) is 5.10 Å². The molecule has 1 heterocycles. The topological polar surface area (TPSA) is 151 Å². The lowest BCUT2D eigenvalue weighted by atomic mass is 10.1. The normalized spacial score (nSPS) is 10.6. The largest absolute Gasteiger partial charge is 0.494 e. The Morgan fingerprint density at radius 1 is 1.00 bits per heavy atom. The highest BCUT2D eigenvalue weighted by molar-refractivity contribution is 5.92. The third kappa shape index (κ3) is 7.70. The molecule has 0 aliphatic carbocycles. The van der Waals surface area contributed by atoms with Gasteiger partial charge in [0.15, 0.2) is 18.1 Å². The zero-order valence-corrected chi connectivity index (χ0v) is 22.5. The number of aromatic amines is 1. The van der Waals surface area contributed by atoms with Crippen LogP contribution in [0.3, 0.4) is 0 Å². The van der Waals surface area contributed by atoms with Gasteiger partial charge in [0.25, 0.3) is 11.5 Å². The van der Waals surface area contributed by atoms with Gasteiger partial charge in [0, 0.05) is 11.3 Å². The summed E-state index contributed by atoms with van der Waals surface area (Å²) in [5, 5.41) is 16.3. The van der Waals surface area contributed by atoms with E-state index in [1.807, 2.05) is 26.0 Å². The first kappa shape index (κ1) is 28.4. The molecule has 0 radical (unpaired) electrons. The Bertz CT molecular complexity index is 1610. The maximum absolute atomic E-state index is 12.4. The number of carbonyl (C=O) groups is 1. The molecule has 1 aromatic heterocycles. The summed E-state index contributed by atoms with van der Waals surface area (Å²) >= 11 is 0. The standard InChI is InChI=1S/C30H28N6O5/c1-3-39-23-13-11-22(12-14-23)33-27(37)19-41-25-15-10-20(16-26(25)40-4-2)18-32-36-30-34-28(21-8-6-5-7-9-21)24(17-31)29(38)35-30/h5-16,18H,3-4,19H2,1-2H3,(H,33,37)(H2,34,35,36,38). The number of hydrogen-bond donors (Lipinski definition) is 3. The molecule has 3 aromatic carbocycles. The first-order chi connectivity index (χ1) is 20.0. The molecule has 11 nitrogen and oxygen atoms in total. The van der Waals surface area contributed by atoms with Crippen molar-refractivity contribution in [2.75, 3.05) is 30.6 Å². The molecular weight excluding hydrogens is 524 g/mol. The molecule has 41 heavy (non-hydrogen) atoms. The van der Waals surface area contributed by atoms with Crippen LogP contribution in [0.15, 0.2) is 82.7 Å². The number of anilines is 2. The third-order valence-electron chi connectivity index (χ3n) is 5.54. The highest BCUT2D eigenvalue weighted by Crippen LogP contribution is 2.28. The summed E-state index contributed by atoms with van der Waals surface area (Å²) in [7, 11) is 0. The number of nitrogens with zero attached hydrogens (tertiary/aromatic N) is 3. The van der Waals surface area contributed by atoms with E-state index in [0.717, 1.165) is 5.75 Å². The van der Waals surface area contributed by atoms with Crippen molar-refractivity contribution in [3.8, 4) is 34.6 Å². The molecule has 1 amide bonds. The number of hydrazone groups is 1. The SMILES string of the molecule is CCOc1ccc(NC(=O)COc2ccc(C=NNc3nc(-c4ccccc4)c(C#N)c(=O)[nH]3)cc2OCC)cc1. The summed E-state index contributed by atoms with van der Waals surface area (Å²) in [5.41, 5.74) is 4.20. The van der Waals surface area contributed by atoms with E-state index in [9.17, 15) is 14.9 Å². The van der Waals surface area contributed by atoms with Gasteiger partial charge in [0.1, 0.15) is 17.4 Å². The van der Waals surface area contributed by atoms with Crippen LogP contribution in [0, 0.1) is 11.3 Å². The zero-order chi connectivity index (χ0) is 29.0. The van der Waals surface area contributed by atoms with Gasteiger partial charge in [-0.05, 0) is 61.9 Å². The second-order valence-corrected chi connectivity index (χ2v) is 8.42. The van der Waals surface area contributed by atoms with E-state index in [1.54, 1.807) is 66.7 Å². The summed E-state index contributed by atoms with van der Waals surface area (Å²) in [6.07, 6.45) is 1.51. The van der Waals surface area contributed by atoms with Crippen LogP contribution in [-0.2, 0) is 4.79 Å². The van der Waals surface area contributed by atoms with E-state index in [1.165, 1.54) is 6.21 Å². The van der Waals surface area contributed by atoms with E-state index in [2.05, 4.69) is 25.8 Å². The minimum absolute atomic E-state index is 0.0765. The molecule has 0 spiro atoms. The Balaban J connectivity index is 1.41. The highest BCUT2D eigenvalue weighted by Gasteiger charge is 2.13. The van der Waals surface area contributed by atoms with Crippen LogP contribution >= 0.6 is 0 Å². The summed E-state index contributed by atoms with van der Waals surface area (Å²) in [6, 6.07) is 23.0. The molecule has 0 saturated heterocycles. The fraction of sp³-hybridized carbons (Fsp3) is 0.167. The molecular formula is C30H28N6O5. The number of amides is 1. The van der Waals surface area contributed by atoms with Crippen molar-refractivity contribution in [1.82, 2.24) is 9.97 Å². The molecule has 11 heteroatoms. The average Bonchev–Trinajstić information content (AvgIpc) is 2.98. The van der Waals surface area contributed by atoms with Gasteiger partial charge in [-0.2, -0.15) is 10.4 Å². The minimum Gasteiger partial charge on any atom is -0.494 e. The highest BCUT2D eigenvalue weighted by atomic mass is 16.5. The van der Waals surface area contributed by atoms with Gasteiger partial charge in [0.05, 0.1) is 25.1 Å². The van der Waals surface area contributed by atoms with Gasteiger partial charge < -0.3 is 19.5 Å². The molecule has 0 fully saturated rings. The van der Waals surface area contributed by atoms with Crippen LogP contribution in [0.2, 0.25) is 0 Å². The maximum Gasteiger partial charge on any atom is 0.270 e. The second-order valence-electron chi connectivity index (χ2n) is 8.42. The van der Waals surface area contributed by atoms with Gasteiger partial charge in [-0.3, -0.25) is 14.6 Å². The number of H-pyrrole nitrogens is 1. The molecule has 208 valence electrons. The lowest BCUT2D eigenvalue weighted by Crippen LogP contribution is -2.20. The molecule has 4 rings (SSSR count). The molecule has 0 atom stereocenters. The van der Waals surface area contributed by atoms with Gasteiger partial charge in [-0.1, -0.05) is 30.3 Å². The molecule has 0 aliphatic rings. The predicted molar refractivity (Wildman–Crippen MR) is 156 cm³/mol. The summed E-state index contributed by atoms with van der Waals surface area (Å²) in [4.78, 5) is 31.7. The fourth-order valence-electron chi connectivity index (χ4n) is 3.74. The maximum atomic E-state index is 12.4. The molecule has 0 saturated carbocycles.